The van der Waals surface area contributed by atoms with Gasteiger partial charge in [-0.2, -0.15) is 8.42 Å². The van der Waals surface area contributed by atoms with Crippen molar-refractivity contribution in [3.63, 3.8) is 0 Å². The van der Waals surface area contributed by atoms with Gasteiger partial charge < -0.3 is 19.3 Å². The summed E-state index contributed by atoms with van der Waals surface area (Å²) in [6.07, 6.45) is 3.28. The van der Waals surface area contributed by atoms with E-state index < -0.39 is 21.6 Å². The summed E-state index contributed by atoms with van der Waals surface area (Å²) in [5.41, 5.74) is 3.35. The number of benzene rings is 2. The lowest BCUT2D eigenvalue weighted by atomic mass is 9.86. The van der Waals surface area contributed by atoms with Crippen LogP contribution in [0.5, 0.6) is 0 Å². The average Bonchev–Trinajstić information content (AvgIpc) is 3.53. The Bertz CT molecular complexity index is 2370. The summed E-state index contributed by atoms with van der Waals surface area (Å²) in [5, 5.41) is 12.3. The van der Waals surface area contributed by atoms with Crippen LogP contribution in [0.2, 0.25) is 0 Å². The number of hydrogen-bond donors (Lipinski definition) is 1. The van der Waals surface area contributed by atoms with Crippen LogP contribution in [0.3, 0.4) is 0 Å². The average molecular weight is 705 g/mol. The number of sulfonamides is 1. The van der Waals surface area contributed by atoms with Crippen molar-refractivity contribution < 1.29 is 23.1 Å². The van der Waals surface area contributed by atoms with Gasteiger partial charge in [0.1, 0.15) is 17.3 Å². The summed E-state index contributed by atoms with van der Waals surface area (Å²) in [6.45, 7) is 4.83. The lowest BCUT2D eigenvalue weighted by Crippen LogP contribution is -2.49. The summed E-state index contributed by atoms with van der Waals surface area (Å²) in [6, 6.07) is 22.4. The molecule has 1 atom stereocenters. The molecule has 1 N–H and O–H groups in total. The second-order valence-corrected chi connectivity index (χ2v) is 14.7. The predicted molar refractivity (Wildman–Crippen MR) is 190 cm³/mol. The number of cyclic esters (lactones) is 1. The number of hydrogen-bond acceptors (Lipinski definition) is 9. The Morgan fingerprint density at radius 2 is 1.75 bits per heavy atom. The first kappa shape index (κ1) is 32.9. The zero-order valence-electron chi connectivity index (χ0n) is 28.0. The van der Waals surface area contributed by atoms with Gasteiger partial charge in [-0.1, -0.05) is 55.5 Å². The van der Waals surface area contributed by atoms with E-state index >= 15 is 0 Å². The van der Waals surface area contributed by atoms with E-state index in [1.165, 1.54) is 18.5 Å². The number of ether oxygens (including phenoxy) is 1. The maximum Gasteiger partial charge on any atom is 0.343 e. The van der Waals surface area contributed by atoms with Crippen LogP contribution in [-0.4, -0.2) is 75.8 Å². The molecule has 6 heterocycles. The number of aromatic nitrogens is 3. The van der Waals surface area contributed by atoms with Gasteiger partial charge in [0.05, 0.1) is 29.0 Å². The summed E-state index contributed by atoms with van der Waals surface area (Å²) in [7, 11) is -3.98. The minimum Gasteiger partial charge on any atom is -0.458 e. The molecule has 0 radical (unpaired) electrons. The van der Waals surface area contributed by atoms with Crippen molar-refractivity contribution >= 4 is 32.7 Å². The third-order valence-electron chi connectivity index (χ3n) is 10.2. The van der Waals surface area contributed by atoms with Gasteiger partial charge >= 0.3 is 5.97 Å². The first-order valence-electron chi connectivity index (χ1n) is 17.0. The topological polar surface area (TPSA) is 147 Å². The molecule has 0 saturated carbocycles. The van der Waals surface area contributed by atoms with Gasteiger partial charge in [0.15, 0.2) is 5.60 Å². The number of piperazine rings is 1. The number of carbonyl (C=O) groups excluding carboxylic acids is 1. The normalized spacial score (nSPS) is 19.1. The molecule has 13 heteroatoms. The minimum absolute atomic E-state index is 0.0482. The molecule has 8 rings (SSSR count). The van der Waals surface area contributed by atoms with Crippen molar-refractivity contribution in [2.75, 3.05) is 26.2 Å². The summed E-state index contributed by atoms with van der Waals surface area (Å²) >= 11 is 0. The number of fused-ring (bicyclic) bond motifs is 5. The van der Waals surface area contributed by atoms with Crippen molar-refractivity contribution in [2.24, 2.45) is 4.40 Å². The van der Waals surface area contributed by atoms with Gasteiger partial charge in [0.25, 0.3) is 15.6 Å². The molecule has 0 bridgehead atoms. The number of carbonyl (C=O) groups is 1. The molecule has 3 aliphatic heterocycles. The Kier molecular flexibility index (Phi) is 8.28. The van der Waals surface area contributed by atoms with E-state index in [1.54, 1.807) is 23.6 Å². The van der Waals surface area contributed by atoms with Crippen LogP contribution >= 0.6 is 0 Å². The molecule has 0 aliphatic carbocycles. The smallest absolute Gasteiger partial charge is 0.343 e. The van der Waals surface area contributed by atoms with Gasteiger partial charge in [-0.05, 0) is 41.8 Å². The molecule has 3 aliphatic rings. The lowest BCUT2D eigenvalue weighted by molar-refractivity contribution is -0.172. The van der Waals surface area contributed by atoms with Crippen molar-refractivity contribution in [1.82, 2.24) is 24.3 Å². The van der Waals surface area contributed by atoms with Crippen LogP contribution in [0.15, 0.2) is 99.3 Å². The first-order chi connectivity index (χ1) is 24.7. The SMILES string of the molecule is CC[C@@]1(O)C(=O)OCc2c1cc1n(c2=O)Cc2c-1nc1ccccc1c2CN1CCN(C(Cc2ccccc2)=NS(=O)(=O)c2cccnc2)CC1. The van der Waals surface area contributed by atoms with Crippen molar-refractivity contribution in [1.29, 1.82) is 0 Å². The Balaban J connectivity index is 1.11. The van der Waals surface area contributed by atoms with Gasteiger partial charge in [-0.3, -0.25) is 14.7 Å². The maximum absolute atomic E-state index is 13.9. The van der Waals surface area contributed by atoms with E-state index in [1.807, 2.05) is 59.5 Å². The molecular formula is C38H36N6O6S. The molecule has 0 unspecified atom stereocenters. The second kappa shape index (κ2) is 12.8. The van der Waals surface area contributed by atoms with E-state index in [9.17, 15) is 23.1 Å². The van der Waals surface area contributed by atoms with Crippen LogP contribution < -0.4 is 5.56 Å². The van der Waals surface area contributed by atoms with Crippen molar-refractivity contribution in [3.05, 3.63) is 123 Å². The molecule has 2 aromatic carbocycles. The largest absolute Gasteiger partial charge is 0.458 e. The van der Waals surface area contributed by atoms with E-state index in [-0.39, 0.29) is 34.6 Å². The third kappa shape index (κ3) is 5.80. The molecule has 12 nitrogen and oxygen atoms in total. The first-order valence-corrected chi connectivity index (χ1v) is 18.4. The molecule has 0 spiro atoms. The molecule has 260 valence electrons. The minimum atomic E-state index is -3.98. The molecule has 0 amide bonds. The van der Waals surface area contributed by atoms with Crippen LogP contribution in [0.4, 0.5) is 0 Å². The third-order valence-corrected chi connectivity index (χ3v) is 11.5. The number of amidine groups is 1. The van der Waals surface area contributed by atoms with Crippen LogP contribution in [-0.2, 0) is 51.3 Å². The van der Waals surface area contributed by atoms with E-state index in [2.05, 4.69) is 14.3 Å². The number of aliphatic hydroxyl groups is 1. The standard InChI is InChI=1S/C38H36N6O6S/c1-2-38(47)31-20-33-35-29(23-44(33)36(45)30(31)24-50-37(38)46)28(27-12-6-7-13-32(27)40-35)22-42-15-17-43(18-16-42)34(19-25-9-4-3-5-10-25)41-51(48,49)26-11-8-14-39-21-26/h3-14,20-21,47H,2,15-19,22-24H2,1H3/t38-/m0/s1. The summed E-state index contributed by atoms with van der Waals surface area (Å²) in [4.78, 5) is 39.9. The Morgan fingerprint density at radius 1 is 0.980 bits per heavy atom. The number of rotatable bonds is 7. The predicted octanol–water partition coefficient (Wildman–Crippen LogP) is 3.62. The highest BCUT2D eigenvalue weighted by Crippen LogP contribution is 2.40. The Morgan fingerprint density at radius 3 is 2.49 bits per heavy atom. The molecule has 1 saturated heterocycles. The Labute approximate surface area is 294 Å². The second-order valence-electron chi connectivity index (χ2n) is 13.1. The highest BCUT2D eigenvalue weighted by atomic mass is 32.2. The monoisotopic (exact) mass is 704 g/mol. The van der Waals surface area contributed by atoms with E-state index in [4.69, 9.17) is 9.72 Å². The quantitative estimate of drug-likeness (QED) is 0.149. The van der Waals surface area contributed by atoms with Gasteiger partial charge in [0, 0.05) is 68.1 Å². The summed E-state index contributed by atoms with van der Waals surface area (Å²) in [5.74, 6) is -0.272. The number of nitrogens with zero attached hydrogens (tertiary/aromatic N) is 6. The lowest BCUT2D eigenvalue weighted by Gasteiger charge is -2.37. The van der Waals surface area contributed by atoms with Gasteiger partial charge in [-0.15, -0.1) is 4.40 Å². The number of pyridine rings is 3. The fourth-order valence-electron chi connectivity index (χ4n) is 7.35. The molecule has 1 fully saturated rings. The van der Waals surface area contributed by atoms with E-state index in [0.717, 1.165) is 27.6 Å². The molecular weight excluding hydrogens is 669 g/mol. The molecule has 51 heavy (non-hydrogen) atoms. The number of para-hydroxylation sites is 1. The fourth-order valence-corrected chi connectivity index (χ4v) is 8.36. The van der Waals surface area contributed by atoms with Crippen LogP contribution in [0, 0.1) is 0 Å². The van der Waals surface area contributed by atoms with Gasteiger partial charge in [-0.25, -0.2) is 9.78 Å². The molecule has 5 aromatic rings. The van der Waals surface area contributed by atoms with Crippen LogP contribution in [0.25, 0.3) is 22.3 Å². The summed E-state index contributed by atoms with van der Waals surface area (Å²) < 4.78 is 38.0. The Hall–Kier alpha value is -5.24. The molecule has 3 aromatic heterocycles. The number of esters is 1. The van der Waals surface area contributed by atoms with Crippen molar-refractivity contribution in [3.8, 4) is 11.4 Å². The zero-order chi connectivity index (χ0) is 35.3. The van der Waals surface area contributed by atoms with E-state index in [0.29, 0.717) is 62.9 Å². The van der Waals surface area contributed by atoms with Crippen LogP contribution in [0.1, 0.15) is 41.2 Å². The van der Waals surface area contributed by atoms with Crippen molar-refractivity contribution in [2.45, 2.75) is 50.0 Å². The highest BCUT2D eigenvalue weighted by Gasteiger charge is 2.45. The fraction of sp³-hybridized carbons (Fsp3) is 0.289. The van der Waals surface area contributed by atoms with Gasteiger partial charge in [0.2, 0.25) is 0 Å². The highest BCUT2D eigenvalue weighted by molar-refractivity contribution is 7.90. The zero-order valence-corrected chi connectivity index (χ0v) is 28.8. The maximum atomic E-state index is 13.9.